The molecule has 2 N–H and O–H groups in total. The molecule has 0 aromatic heterocycles. The molecule has 126 valence electrons. The molecule has 22 heavy (non-hydrogen) atoms. The van der Waals surface area contributed by atoms with Crippen LogP contribution in [-0.4, -0.2) is 68.3 Å². The van der Waals surface area contributed by atoms with E-state index in [4.69, 9.17) is 4.74 Å². The minimum Gasteiger partial charge on any atom is -0.453 e. The molecule has 3 atom stereocenters. The number of likely N-dealkylation sites (tertiary alicyclic amines) is 1. The second-order valence-electron chi connectivity index (χ2n) is 5.14. The predicted octanol–water partition coefficient (Wildman–Crippen LogP) is -0.127. The molecular formula is C14H25N3O5. The fourth-order valence-electron chi connectivity index (χ4n) is 2.48. The van der Waals surface area contributed by atoms with Crippen LogP contribution in [0.5, 0.6) is 0 Å². The van der Waals surface area contributed by atoms with E-state index in [2.05, 4.69) is 15.4 Å². The third-order valence-corrected chi connectivity index (χ3v) is 3.76. The number of nitrogens with zero attached hydrogens (tertiary/aromatic N) is 1. The summed E-state index contributed by atoms with van der Waals surface area (Å²) in [6.45, 7) is 4.50. The third-order valence-electron chi connectivity index (χ3n) is 3.76. The van der Waals surface area contributed by atoms with Crippen molar-refractivity contribution in [1.82, 2.24) is 15.5 Å². The van der Waals surface area contributed by atoms with Gasteiger partial charge in [0.1, 0.15) is 12.1 Å². The number of amides is 3. The average molecular weight is 315 g/mol. The van der Waals surface area contributed by atoms with Crippen molar-refractivity contribution in [3.8, 4) is 0 Å². The Morgan fingerprint density at radius 2 is 2.00 bits per heavy atom. The van der Waals surface area contributed by atoms with Crippen LogP contribution in [-0.2, 0) is 19.1 Å². The van der Waals surface area contributed by atoms with Crippen LogP contribution in [0.3, 0.4) is 0 Å². The Bertz CT molecular complexity index is 415. The molecule has 1 saturated heterocycles. The van der Waals surface area contributed by atoms with Crippen LogP contribution in [0, 0.1) is 0 Å². The van der Waals surface area contributed by atoms with Crippen LogP contribution in [0.2, 0.25) is 0 Å². The van der Waals surface area contributed by atoms with Gasteiger partial charge in [-0.25, -0.2) is 4.79 Å². The first-order chi connectivity index (χ1) is 10.5. The molecular weight excluding hydrogens is 290 g/mol. The number of carbonyl (C=O) groups is 3. The summed E-state index contributed by atoms with van der Waals surface area (Å²) in [5.41, 5.74) is 0. The maximum Gasteiger partial charge on any atom is 0.407 e. The van der Waals surface area contributed by atoms with Gasteiger partial charge in [0, 0.05) is 20.2 Å². The van der Waals surface area contributed by atoms with Gasteiger partial charge in [-0.2, -0.15) is 0 Å². The number of likely N-dealkylation sites (N-methyl/N-ethyl adjacent to an activating group) is 1. The van der Waals surface area contributed by atoms with Gasteiger partial charge in [0.15, 0.2) is 0 Å². The van der Waals surface area contributed by atoms with Gasteiger partial charge in [-0.15, -0.1) is 0 Å². The largest absolute Gasteiger partial charge is 0.453 e. The number of methoxy groups -OCH3 is 2. The molecule has 0 radical (unpaired) electrons. The molecule has 8 heteroatoms. The lowest BCUT2D eigenvalue weighted by atomic mass is 10.1. The lowest BCUT2D eigenvalue weighted by Crippen LogP contribution is -2.57. The Morgan fingerprint density at radius 3 is 2.55 bits per heavy atom. The van der Waals surface area contributed by atoms with E-state index in [1.165, 1.54) is 19.1 Å². The van der Waals surface area contributed by atoms with Crippen LogP contribution in [0.25, 0.3) is 0 Å². The van der Waals surface area contributed by atoms with Gasteiger partial charge in [-0.05, 0) is 26.7 Å². The van der Waals surface area contributed by atoms with Crippen molar-refractivity contribution in [2.45, 2.75) is 44.9 Å². The van der Waals surface area contributed by atoms with E-state index >= 15 is 0 Å². The topological polar surface area (TPSA) is 97.0 Å². The number of carbonyl (C=O) groups excluding carboxylic acids is 3. The van der Waals surface area contributed by atoms with E-state index in [-0.39, 0.29) is 11.8 Å². The first kappa shape index (κ1) is 18.2. The quantitative estimate of drug-likeness (QED) is 0.712. The molecule has 1 heterocycles. The molecule has 0 saturated carbocycles. The standard InChI is InChI=1S/C14H25N3O5/c1-5-15-12(18)10-7-6-8-17(10)13(19)11(9(2)21-3)16-14(20)22-4/h9-11H,5-8H2,1-4H3,(H,15,18)(H,16,20). The van der Waals surface area contributed by atoms with Crippen LogP contribution < -0.4 is 10.6 Å². The third kappa shape index (κ3) is 4.33. The van der Waals surface area contributed by atoms with E-state index < -0.39 is 24.3 Å². The molecule has 8 nitrogen and oxygen atoms in total. The summed E-state index contributed by atoms with van der Waals surface area (Å²) >= 11 is 0. The van der Waals surface area contributed by atoms with Gasteiger partial charge < -0.3 is 25.0 Å². The van der Waals surface area contributed by atoms with E-state index in [0.717, 1.165) is 6.42 Å². The minimum absolute atomic E-state index is 0.171. The second-order valence-corrected chi connectivity index (χ2v) is 5.14. The van der Waals surface area contributed by atoms with E-state index in [1.807, 2.05) is 6.92 Å². The van der Waals surface area contributed by atoms with Crippen LogP contribution in [0.4, 0.5) is 4.79 Å². The monoisotopic (exact) mass is 315 g/mol. The van der Waals surface area contributed by atoms with Crippen molar-refractivity contribution in [1.29, 1.82) is 0 Å². The van der Waals surface area contributed by atoms with Crippen LogP contribution in [0.1, 0.15) is 26.7 Å². The zero-order chi connectivity index (χ0) is 16.7. The number of nitrogens with one attached hydrogen (secondary N) is 2. The summed E-state index contributed by atoms with van der Waals surface area (Å²) in [4.78, 5) is 37.7. The zero-order valence-electron chi connectivity index (χ0n) is 13.5. The molecule has 1 aliphatic heterocycles. The number of rotatable bonds is 6. The van der Waals surface area contributed by atoms with E-state index in [0.29, 0.717) is 19.5 Å². The van der Waals surface area contributed by atoms with Gasteiger partial charge in [0.25, 0.3) is 0 Å². The van der Waals surface area contributed by atoms with Gasteiger partial charge in [0.05, 0.1) is 13.2 Å². The summed E-state index contributed by atoms with van der Waals surface area (Å²) in [6.07, 6.45) is 0.113. The zero-order valence-corrected chi connectivity index (χ0v) is 13.5. The Labute approximate surface area is 130 Å². The molecule has 0 spiro atoms. The van der Waals surface area contributed by atoms with Gasteiger partial charge in [-0.1, -0.05) is 0 Å². The smallest absolute Gasteiger partial charge is 0.407 e. The van der Waals surface area contributed by atoms with E-state index in [1.54, 1.807) is 6.92 Å². The summed E-state index contributed by atoms with van der Waals surface area (Å²) in [7, 11) is 2.68. The lowest BCUT2D eigenvalue weighted by Gasteiger charge is -2.30. The molecule has 1 fully saturated rings. The molecule has 3 unspecified atom stereocenters. The highest BCUT2D eigenvalue weighted by Gasteiger charge is 2.39. The first-order valence-electron chi connectivity index (χ1n) is 7.41. The van der Waals surface area contributed by atoms with Crippen molar-refractivity contribution < 1.29 is 23.9 Å². The fourth-order valence-corrected chi connectivity index (χ4v) is 2.48. The number of hydrogen-bond acceptors (Lipinski definition) is 5. The highest BCUT2D eigenvalue weighted by Crippen LogP contribution is 2.19. The molecule has 0 aromatic carbocycles. The molecule has 1 rings (SSSR count). The number of alkyl carbamates (subject to hydrolysis) is 1. The Hall–Kier alpha value is -1.83. The Morgan fingerprint density at radius 1 is 1.32 bits per heavy atom. The van der Waals surface area contributed by atoms with Gasteiger partial charge in [-0.3, -0.25) is 9.59 Å². The average Bonchev–Trinajstić information content (AvgIpc) is 3.00. The van der Waals surface area contributed by atoms with Gasteiger partial charge in [0.2, 0.25) is 11.8 Å². The summed E-state index contributed by atoms with van der Waals surface area (Å²) in [6, 6.07) is -1.40. The normalized spacial score (nSPS) is 20.2. The minimum atomic E-state index is -0.896. The highest BCUT2D eigenvalue weighted by atomic mass is 16.5. The van der Waals surface area contributed by atoms with Crippen molar-refractivity contribution in [2.24, 2.45) is 0 Å². The Kier molecular flexibility index (Phi) is 7.10. The van der Waals surface area contributed by atoms with Crippen LogP contribution >= 0.6 is 0 Å². The summed E-state index contributed by atoms with van der Waals surface area (Å²) in [5.74, 6) is -0.510. The van der Waals surface area contributed by atoms with Crippen molar-refractivity contribution in [3.63, 3.8) is 0 Å². The number of ether oxygens (including phenoxy) is 2. The van der Waals surface area contributed by atoms with Gasteiger partial charge >= 0.3 is 6.09 Å². The Balaban J connectivity index is 2.87. The van der Waals surface area contributed by atoms with Crippen LogP contribution in [0.15, 0.2) is 0 Å². The lowest BCUT2D eigenvalue weighted by molar-refractivity contribution is -0.142. The molecule has 0 aromatic rings. The SMILES string of the molecule is CCNC(=O)C1CCCN1C(=O)C(NC(=O)OC)C(C)OC. The maximum atomic E-state index is 12.7. The van der Waals surface area contributed by atoms with E-state index in [9.17, 15) is 14.4 Å². The number of hydrogen-bond donors (Lipinski definition) is 2. The van der Waals surface area contributed by atoms with Crippen molar-refractivity contribution in [3.05, 3.63) is 0 Å². The van der Waals surface area contributed by atoms with Crippen molar-refractivity contribution >= 4 is 17.9 Å². The highest BCUT2D eigenvalue weighted by molar-refractivity contribution is 5.92. The second kappa shape index (κ2) is 8.57. The molecule has 1 aliphatic rings. The molecule has 3 amide bonds. The predicted molar refractivity (Wildman–Crippen MR) is 79.2 cm³/mol. The van der Waals surface area contributed by atoms with Crippen molar-refractivity contribution in [2.75, 3.05) is 27.3 Å². The molecule has 0 aliphatic carbocycles. The fraction of sp³-hybridized carbons (Fsp3) is 0.786. The maximum absolute atomic E-state index is 12.7. The summed E-state index contributed by atoms with van der Waals surface area (Å²) in [5, 5.41) is 5.21. The summed E-state index contributed by atoms with van der Waals surface area (Å²) < 4.78 is 9.71. The molecule has 0 bridgehead atoms. The first-order valence-corrected chi connectivity index (χ1v) is 7.41.